The van der Waals surface area contributed by atoms with Crippen LogP contribution in [0, 0.1) is 0 Å². The van der Waals surface area contributed by atoms with E-state index in [1.807, 2.05) is 6.92 Å². The minimum Gasteiger partial charge on any atom is -0.481 e. The van der Waals surface area contributed by atoms with Gasteiger partial charge in [-0.25, -0.2) is 0 Å². The first-order chi connectivity index (χ1) is 8.95. The van der Waals surface area contributed by atoms with Crippen molar-refractivity contribution in [3.8, 4) is 0 Å². The highest BCUT2D eigenvalue weighted by molar-refractivity contribution is 9.10. The highest BCUT2D eigenvalue weighted by Gasteiger charge is 2.17. The number of primary amides is 1. The number of carbonyl (C=O) groups excluding carboxylic acids is 1. The molecule has 104 valence electrons. The Morgan fingerprint density at radius 2 is 2.16 bits per heavy atom. The number of rotatable bonds is 7. The first kappa shape index (κ1) is 15.5. The smallest absolute Gasteiger partial charge is 0.305 e. The Morgan fingerprint density at radius 3 is 2.68 bits per heavy atom. The van der Waals surface area contributed by atoms with Crippen molar-refractivity contribution in [3.05, 3.63) is 28.2 Å². The molecule has 1 aromatic rings. The molecule has 1 aromatic carbocycles. The van der Waals surface area contributed by atoms with Gasteiger partial charge in [0.2, 0.25) is 0 Å². The number of nitrogens with one attached hydrogen (secondary N) is 1. The molecule has 0 fully saturated rings. The Morgan fingerprint density at radius 1 is 1.47 bits per heavy atom. The van der Waals surface area contributed by atoms with E-state index in [2.05, 4.69) is 21.2 Å². The predicted molar refractivity (Wildman–Crippen MR) is 77.2 cm³/mol. The van der Waals surface area contributed by atoms with E-state index in [1.54, 1.807) is 18.2 Å². The van der Waals surface area contributed by atoms with Gasteiger partial charge < -0.3 is 16.2 Å². The van der Waals surface area contributed by atoms with Gasteiger partial charge in [-0.05, 0) is 34.5 Å². The molecule has 0 bridgehead atoms. The van der Waals surface area contributed by atoms with E-state index < -0.39 is 11.9 Å². The molecule has 0 aliphatic carbocycles. The summed E-state index contributed by atoms with van der Waals surface area (Å²) in [4.78, 5) is 22.3. The van der Waals surface area contributed by atoms with E-state index in [0.717, 1.165) is 6.42 Å². The van der Waals surface area contributed by atoms with Gasteiger partial charge in [-0.15, -0.1) is 0 Å². The summed E-state index contributed by atoms with van der Waals surface area (Å²) < 4.78 is 0.593. The number of hydrogen-bond acceptors (Lipinski definition) is 3. The molecule has 0 aromatic heterocycles. The van der Waals surface area contributed by atoms with E-state index >= 15 is 0 Å². The standard InChI is InChI=1S/C13H17BrN2O3/c1-2-4-8(7-11(17)18)16-10-6-3-5-9(14)12(10)13(15)19/h3,5-6,8,16H,2,4,7H2,1H3,(H2,15,19)(H,17,18). The summed E-state index contributed by atoms with van der Waals surface area (Å²) in [6.45, 7) is 1.98. The second kappa shape index (κ2) is 7.13. The number of carboxylic acids is 1. The molecule has 0 radical (unpaired) electrons. The van der Waals surface area contributed by atoms with Gasteiger partial charge in [0.05, 0.1) is 12.0 Å². The van der Waals surface area contributed by atoms with Crippen LogP contribution in [-0.4, -0.2) is 23.0 Å². The number of aliphatic carboxylic acids is 1. The maximum absolute atomic E-state index is 11.4. The first-order valence-corrected chi connectivity index (χ1v) is 6.81. The molecule has 0 saturated heterocycles. The van der Waals surface area contributed by atoms with E-state index in [4.69, 9.17) is 10.8 Å². The Hall–Kier alpha value is -1.56. The third kappa shape index (κ3) is 4.55. The van der Waals surface area contributed by atoms with Gasteiger partial charge in [0.1, 0.15) is 0 Å². The van der Waals surface area contributed by atoms with Crippen molar-refractivity contribution in [2.75, 3.05) is 5.32 Å². The predicted octanol–water partition coefficient (Wildman–Crippen LogP) is 2.60. The van der Waals surface area contributed by atoms with Crippen LogP contribution in [-0.2, 0) is 4.79 Å². The van der Waals surface area contributed by atoms with E-state index in [-0.39, 0.29) is 12.5 Å². The zero-order chi connectivity index (χ0) is 14.4. The number of carbonyl (C=O) groups is 2. The van der Waals surface area contributed by atoms with E-state index in [0.29, 0.717) is 22.1 Å². The van der Waals surface area contributed by atoms with Crippen LogP contribution in [0.2, 0.25) is 0 Å². The van der Waals surface area contributed by atoms with Crippen LogP contribution in [0.4, 0.5) is 5.69 Å². The lowest BCUT2D eigenvalue weighted by atomic mass is 10.1. The summed E-state index contributed by atoms with van der Waals surface area (Å²) in [5, 5.41) is 12.0. The van der Waals surface area contributed by atoms with E-state index in [1.165, 1.54) is 0 Å². The Bertz CT molecular complexity index is 477. The van der Waals surface area contributed by atoms with Crippen LogP contribution in [0.15, 0.2) is 22.7 Å². The fourth-order valence-corrected chi connectivity index (χ4v) is 2.46. The zero-order valence-electron chi connectivity index (χ0n) is 10.6. The minimum absolute atomic E-state index is 0.00143. The summed E-state index contributed by atoms with van der Waals surface area (Å²) in [6, 6.07) is 4.98. The zero-order valence-corrected chi connectivity index (χ0v) is 12.2. The van der Waals surface area contributed by atoms with Crippen molar-refractivity contribution in [1.29, 1.82) is 0 Å². The molecule has 1 amide bonds. The Labute approximate surface area is 120 Å². The molecule has 1 unspecified atom stereocenters. The number of halogens is 1. The highest BCUT2D eigenvalue weighted by atomic mass is 79.9. The van der Waals surface area contributed by atoms with Crippen molar-refractivity contribution in [2.45, 2.75) is 32.2 Å². The molecule has 6 heteroatoms. The molecule has 4 N–H and O–H groups in total. The van der Waals surface area contributed by atoms with Crippen LogP contribution in [0.25, 0.3) is 0 Å². The van der Waals surface area contributed by atoms with Crippen LogP contribution in [0.5, 0.6) is 0 Å². The largest absolute Gasteiger partial charge is 0.481 e. The molecule has 0 spiro atoms. The van der Waals surface area contributed by atoms with Crippen LogP contribution in [0.3, 0.4) is 0 Å². The third-order valence-corrected chi connectivity index (χ3v) is 3.34. The quantitative estimate of drug-likeness (QED) is 0.717. The first-order valence-electron chi connectivity index (χ1n) is 6.02. The fraction of sp³-hybridized carbons (Fsp3) is 0.385. The van der Waals surface area contributed by atoms with Gasteiger partial charge >= 0.3 is 5.97 Å². The number of nitrogens with two attached hydrogens (primary N) is 1. The normalized spacial score (nSPS) is 11.9. The molecule has 0 heterocycles. The molecule has 19 heavy (non-hydrogen) atoms. The summed E-state index contributed by atoms with van der Waals surface area (Å²) in [6.07, 6.45) is 1.56. The van der Waals surface area contributed by atoms with Crippen LogP contribution < -0.4 is 11.1 Å². The van der Waals surface area contributed by atoms with E-state index in [9.17, 15) is 9.59 Å². The van der Waals surface area contributed by atoms with Crippen molar-refractivity contribution in [2.24, 2.45) is 5.73 Å². The van der Waals surface area contributed by atoms with Gasteiger partial charge in [-0.3, -0.25) is 9.59 Å². The average Bonchev–Trinajstić information content (AvgIpc) is 2.27. The lowest BCUT2D eigenvalue weighted by molar-refractivity contribution is -0.137. The molecule has 1 rings (SSSR count). The number of hydrogen-bond donors (Lipinski definition) is 3. The molecule has 0 aliphatic heterocycles. The Kier molecular flexibility index (Phi) is 5.82. The van der Waals surface area contributed by atoms with Gasteiger partial charge in [-0.2, -0.15) is 0 Å². The maximum Gasteiger partial charge on any atom is 0.305 e. The molecule has 5 nitrogen and oxygen atoms in total. The molecular formula is C13H17BrN2O3. The summed E-state index contributed by atoms with van der Waals surface area (Å²) >= 11 is 3.27. The van der Waals surface area contributed by atoms with Crippen molar-refractivity contribution in [1.82, 2.24) is 0 Å². The average molecular weight is 329 g/mol. The van der Waals surface area contributed by atoms with Gasteiger partial charge in [-0.1, -0.05) is 19.4 Å². The number of benzene rings is 1. The Balaban J connectivity index is 2.98. The SMILES string of the molecule is CCCC(CC(=O)O)Nc1cccc(Br)c1C(N)=O. The second-order valence-electron chi connectivity index (χ2n) is 4.25. The lowest BCUT2D eigenvalue weighted by Crippen LogP contribution is -2.25. The monoisotopic (exact) mass is 328 g/mol. The van der Waals surface area contributed by atoms with Crippen molar-refractivity contribution in [3.63, 3.8) is 0 Å². The minimum atomic E-state index is -0.874. The molecule has 1 atom stereocenters. The van der Waals surface area contributed by atoms with Crippen molar-refractivity contribution >= 4 is 33.5 Å². The second-order valence-corrected chi connectivity index (χ2v) is 5.11. The summed E-state index contributed by atoms with van der Waals surface area (Å²) in [5.74, 6) is -1.43. The van der Waals surface area contributed by atoms with Crippen LogP contribution >= 0.6 is 15.9 Å². The van der Waals surface area contributed by atoms with Crippen LogP contribution in [0.1, 0.15) is 36.5 Å². The number of anilines is 1. The number of carboxylic acid groups (broad SMARTS) is 1. The fourth-order valence-electron chi connectivity index (χ4n) is 1.90. The lowest BCUT2D eigenvalue weighted by Gasteiger charge is -2.19. The third-order valence-electron chi connectivity index (χ3n) is 2.68. The summed E-state index contributed by atoms with van der Waals surface area (Å²) in [7, 11) is 0. The molecule has 0 saturated carbocycles. The number of amides is 1. The summed E-state index contributed by atoms with van der Waals surface area (Å²) in [5.41, 5.74) is 6.24. The maximum atomic E-state index is 11.4. The van der Waals surface area contributed by atoms with Gasteiger partial charge in [0, 0.05) is 16.2 Å². The van der Waals surface area contributed by atoms with Crippen molar-refractivity contribution < 1.29 is 14.7 Å². The van der Waals surface area contributed by atoms with Gasteiger partial charge in [0.15, 0.2) is 0 Å². The molecule has 0 aliphatic rings. The molecular weight excluding hydrogens is 312 g/mol. The highest BCUT2D eigenvalue weighted by Crippen LogP contribution is 2.25. The van der Waals surface area contributed by atoms with Gasteiger partial charge in [0.25, 0.3) is 5.91 Å². The topological polar surface area (TPSA) is 92.4 Å².